The van der Waals surface area contributed by atoms with Crippen LogP contribution in [0.4, 0.5) is 4.79 Å². The summed E-state index contributed by atoms with van der Waals surface area (Å²) in [5.74, 6) is 0. The van der Waals surface area contributed by atoms with Gasteiger partial charge in [0.1, 0.15) is 0 Å². The Morgan fingerprint density at radius 2 is 2.00 bits per heavy atom. The number of carbonyl (C=O) groups is 1. The summed E-state index contributed by atoms with van der Waals surface area (Å²) < 4.78 is -0.537. The molecule has 0 spiro atoms. The minimum atomic E-state index is -0.537. The van der Waals surface area contributed by atoms with Gasteiger partial charge in [-0.2, -0.15) is 0 Å². The molecule has 0 saturated heterocycles. The zero-order valence-corrected chi connectivity index (χ0v) is 12.6. The SMILES string of the molecule is O=C(O)[AsH][GeH3].[Y]. The Morgan fingerprint density at radius 3 is 2.00 bits per heavy atom. The van der Waals surface area contributed by atoms with E-state index >= 15 is 0 Å². The molecule has 1 unspecified atom stereocenters. The summed E-state index contributed by atoms with van der Waals surface area (Å²) in [7, 11) is 0. The molecule has 6 heavy (non-hydrogen) atoms. The van der Waals surface area contributed by atoms with Crippen molar-refractivity contribution in [3.63, 3.8) is 0 Å². The maximum absolute atomic E-state index is 9.47. The van der Waals surface area contributed by atoms with Crippen molar-refractivity contribution < 1.29 is 42.6 Å². The molecule has 0 saturated carbocycles. The fourth-order valence-corrected chi connectivity index (χ4v) is 0. The van der Waals surface area contributed by atoms with Crippen LogP contribution in [0.15, 0.2) is 0 Å². The molecular weight excluding hydrogens is 280 g/mol. The summed E-state index contributed by atoms with van der Waals surface area (Å²) >= 11 is 0.159. The van der Waals surface area contributed by atoms with Gasteiger partial charge >= 0.3 is 42.9 Å². The molecule has 0 amide bonds. The summed E-state index contributed by atoms with van der Waals surface area (Å²) in [4.78, 5) is 9.47. The second kappa shape index (κ2) is 6.68. The van der Waals surface area contributed by atoms with Gasteiger partial charge in [-0.3, -0.25) is 0 Å². The van der Waals surface area contributed by atoms with E-state index in [1.54, 1.807) is 0 Å². The third-order valence-corrected chi connectivity index (χ3v) is 5.77. The molecule has 2 nitrogen and oxygen atoms in total. The number of hydrogen-bond donors (Lipinski definition) is 1. The summed E-state index contributed by atoms with van der Waals surface area (Å²) in [6.45, 7) is 0. The monoisotopic (exact) mass is 287 g/mol. The molecular formula is CH5AsGeO2Y. The summed E-state index contributed by atoms with van der Waals surface area (Å²) in [6, 6.07) is 0. The number of rotatable bonds is 1. The van der Waals surface area contributed by atoms with Gasteiger partial charge in [-0.1, -0.05) is 0 Å². The van der Waals surface area contributed by atoms with Crippen molar-refractivity contribution in [2.24, 2.45) is 0 Å². The van der Waals surface area contributed by atoms with Crippen molar-refractivity contribution in [2.45, 2.75) is 0 Å². The van der Waals surface area contributed by atoms with E-state index in [1.807, 2.05) is 0 Å². The van der Waals surface area contributed by atoms with E-state index in [0.29, 0.717) is 14.5 Å². The van der Waals surface area contributed by atoms with Gasteiger partial charge in [0.2, 0.25) is 0 Å². The molecule has 0 rings (SSSR count). The zero-order valence-electron chi connectivity index (χ0n) is 3.43. The normalized spacial score (nSPS) is 8.67. The number of carboxylic acid groups (broad SMARTS) is 1. The van der Waals surface area contributed by atoms with E-state index in [9.17, 15) is 4.79 Å². The molecule has 1 atom stereocenters. The molecule has 1 N–H and O–H groups in total. The second-order valence-corrected chi connectivity index (χ2v) is 7.95. The van der Waals surface area contributed by atoms with Crippen LogP contribution in [0.3, 0.4) is 0 Å². The van der Waals surface area contributed by atoms with Gasteiger partial charge in [-0.25, -0.2) is 0 Å². The maximum Gasteiger partial charge on any atom is 0 e. The van der Waals surface area contributed by atoms with E-state index in [2.05, 4.69) is 0 Å². The van der Waals surface area contributed by atoms with E-state index < -0.39 is 18.5 Å². The van der Waals surface area contributed by atoms with E-state index in [4.69, 9.17) is 5.11 Å². The standard InChI is InChI=1S/CH5AsGeO2.Y/c3-2-1(4)5;/h2H,3H3,(H,4,5);. The molecule has 0 aromatic rings. The Morgan fingerprint density at radius 1 is 1.83 bits per heavy atom. The van der Waals surface area contributed by atoms with E-state index in [0.717, 1.165) is 0 Å². The predicted octanol–water partition coefficient (Wildman–Crippen LogP) is -1.62. The summed E-state index contributed by atoms with van der Waals surface area (Å²) in [5.41, 5.74) is 0. The van der Waals surface area contributed by atoms with Crippen molar-refractivity contribution >= 4 is 33.0 Å². The molecule has 0 aromatic heterocycles. The van der Waals surface area contributed by atoms with Crippen LogP contribution in [-0.2, 0) is 32.7 Å². The third kappa shape index (κ3) is 9.18. The quantitative estimate of drug-likeness (QED) is 0.588. The molecule has 0 heterocycles. The van der Waals surface area contributed by atoms with Crippen LogP contribution < -0.4 is 0 Å². The van der Waals surface area contributed by atoms with Crippen LogP contribution in [0.5, 0.6) is 0 Å². The molecule has 0 aliphatic carbocycles. The molecule has 0 bridgehead atoms. The van der Waals surface area contributed by atoms with Crippen LogP contribution in [-0.4, -0.2) is 38.1 Å². The maximum atomic E-state index is 9.47. The molecule has 0 aromatic carbocycles. The fraction of sp³-hybridized carbons (Fsp3) is 0. The van der Waals surface area contributed by atoms with Gasteiger partial charge in [0.15, 0.2) is 0 Å². The third-order valence-electron chi connectivity index (χ3n) is 0.214. The van der Waals surface area contributed by atoms with Gasteiger partial charge in [0.25, 0.3) is 0 Å². The molecule has 0 aliphatic rings. The van der Waals surface area contributed by atoms with Gasteiger partial charge in [-0.05, 0) is 0 Å². The first-order valence-corrected chi connectivity index (χ1v) is 15.2. The topological polar surface area (TPSA) is 37.3 Å². The average molecular weight is 285 g/mol. The predicted molar refractivity (Wildman–Crippen MR) is 25.1 cm³/mol. The zero-order chi connectivity index (χ0) is 4.28. The molecule has 0 aliphatic heterocycles. The Kier molecular flexibility index (Phi) is 11.8. The Hall–Kier alpha value is 1.68. The van der Waals surface area contributed by atoms with Crippen LogP contribution in [0, 0.1) is 0 Å². The van der Waals surface area contributed by atoms with E-state index in [1.165, 1.54) is 0 Å². The second-order valence-electron chi connectivity index (χ2n) is 0.555. The van der Waals surface area contributed by atoms with Gasteiger partial charge < -0.3 is 0 Å². The molecule has 0 fully saturated rings. The largest absolute Gasteiger partial charge is 0 e. The van der Waals surface area contributed by atoms with Crippen LogP contribution in [0.1, 0.15) is 0 Å². The first-order chi connectivity index (χ1) is 2.27. The van der Waals surface area contributed by atoms with Gasteiger partial charge in [0.05, 0.1) is 0 Å². The van der Waals surface area contributed by atoms with E-state index in [-0.39, 0.29) is 32.7 Å². The Labute approximate surface area is 74.6 Å². The minimum Gasteiger partial charge on any atom is 0 e. The first kappa shape index (κ1) is 10.6. The van der Waals surface area contributed by atoms with Gasteiger partial charge in [-0.15, -0.1) is 0 Å². The van der Waals surface area contributed by atoms with Crippen LogP contribution >= 0.6 is 0 Å². The van der Waals surface area contributed by atoms with Crippen molar-refractivity contribution in [1.29, 1.82) is 0 Å². The van der Waals surface area contributed by atoms with Crippen molar-refractivity contribution in [1.82, 2.24) is 0 Å². The Bertz CT molecular complexity index is 48.8. The molecule has 33 valence electrons. The van der Waals surface area contributed by atoms with Crippen molar-refractivity contribution in [2.75, 3.05) is 0 Å². The first-order valence-electron chi connectivity index (χ1n) is 1.18. The average Bonchev–Trinajstić information content (AvgIpc) is 1.38. The van der Waals surface area contributed by atoms with Crippen LogP contribution in [0.2, 0.25) is 0 Å². The minimum absolute atomic E-state index is 0. The molecule has 1 radical (unpaired) electrons. The summed E-state index contributed by atoms with van der Waals surface area (Å²) in [6.07, 6.45) is 0. The van der Waals surface area contributed by atoms with Gasteiger partial charge in [0, 0.05) is 32.7 Å². The number of hydrogen-bond acceptors (Lipinski definition) is 1. The van der Waals surface area contributed by atoms with Crippen molar-refractivity contribution in [3.8, 4) is 0 Å². The van der Waals surface area contributed by atoms with Crippen LogP contribution in [0.25, 0.3) is 0 Å². The smallest absolute Gasteiger partial charge is 0 e. The Balaban J connectivity index is 0. The molecule has 5 heteroatoms. The summed E-state index contributed by atoms with van der Waals surface area (Å²) in [5, 5.41) is 7.82. The van der Waals surface area contributed by atoms with Crippen molar-refractivity contribution in [3.05, 3.63) is 0 Å². The fourth-order valence-electron chi connectivity index (χ4n) is 0.